The third-order valence-electron chi connectivity index (χ3n) is 2.98. The Bertz CT molecular complexity index is 525. The van der Waals surface area contributed by atoms with Gasteiger partial charge in [0.15, 0.2) is 0 Å². The number of aliphatic hydroxyl groups excluding tert-OH is 1. The van der Waals surface area contributed by atoms with E-state index in [4.69, 9.17) is 9.84 Å². The Hall–Kier alpha value is -1.85. The van der Waals surface area contributed by atoms with Gasteiger partial charge in [-0.15, -0.1) is 0 Å². The number of nitrogens with zero attached hydrogens (tertiary/aromatic N) is 2. The van der Waals surface area contributed by atoms with Crippen molar-refractivity contribution >= 4 is 0 Å². The van der Waals surface area contributed by atoms with Crippen LogP contribution in [0.15, 0.2) is 36.7 Å². The van der Waals surface area contributed by atoms with Crippen molar-refractivity contribution < 1.29 is 9.84 Å². The first kappa shape index (κ1) is 14.6. The van der Waals surface area contributed by atoms with Gasteiger partial charge in [-0.25, -0.2) is 0 Å². The number of aryl methyl sites for hydroxylation is 1. The SMILES string of the molecule is CCn1cc(CNCc2ccccc2OCCO)cn1. The van der Waals surface area contributed by atoms with Gasteiger partial charge in [0, 0.05) is 37.0 Å². The Morgan fingerprint density at radius 1 is 1.30 bits per heavy atom. The molecule has 0 saturated carbocycles. The third kappa shape index (κ3) is 4.08. The monoisotopic (exact) mass is 275 g/mol. The molecule has 5 nitrogen and oxygen atoms in total. The highest BCUT2D eigenvalue weighted by molar-refractivity contribution is 5.33. The lowest BCUT2D eigenvalue weighted by Gasteiger charge is -2.11. The summed E-state index contributed by atoms with van der Waals surface area (Å²) in [4.78, 5) is 0. The van der Waals surface area contributed by atoms with E-state index in [1.807, 2.05) is 41.3 Å². The second kappa shape index (κ2) is 7.67. The van der Waals surface area contributed by atoms with Crippen LogP contribution < -0.4 is 10.1 Å². The van der Waals surface area contributed by atoms with Crippen LogP contribution in [0.1, 0.15) is 18.1 Å². The summed E-state index contributed by atoms with van der Waals surface area (Å²) in [6.07, 6.45) is 3.92. The molecular weight excluding hydrogens is 254 g/mol. The summed E-state index contributed by atoms with van der Waals surface area (Å²) >= 11 is 0. The molecule has 0 fully saturated rings. The maximum absolute atomic E-state index is 8.82. The van der Waals surface area contributed by atoms with E-state index in [2.05, 4.69) is 17.3 Å². The molecule has 1 aromatic carbocycles. The van der Waals surface area contributed by atoms with E-state index in [0.717, 1.165) is 30.9 Å². The molecule has 0 spiro atoms. The predicted octanol–water partition coefficient (Wildman–Crippen LogP) is 1.56. The van der Waals surface area contributed by atoms with Crippen molar-refractivity contribution in [2.24, 2.45) is 0 Å². The lowest BCUT2D eigenvalue weighted by Crippen LogP contribution is -2.14. The Balaban J connectivity index is 1.87. The molecule has 5 heteroatoms. The van der Waals surface area contributed by atoms with Crippen molar-refractivity contribution in [1.29, 1.82) is 0 Å². The van der Waals surface area contributed by atoms with E-state index < -0.39 is 0 Å². The number of benzene rings is 1. The zero-order valence-electron chi connectivity index (χ0n) is 11.7. The molecule has 0 radical (unpaired) electrons. The average molecular weight is 275 g/mol. The van der Waals surface area contributed by atoms with Crippen LogP contribution in [0.3, 0.4) is 0 Å². The molecule has 2 aromatic rings. The van der Waals surface area contributed by atoms with Gasteiger partial charge < -0.3 is 15.2 Å². The van der Waals surface area contributed by atoms with Gasteiger partial charge in [-0.3, -0.25) is 4.68 Å². The fourth-order valence-electron chi connectivity index (χ4n) is 1.96. The molecule has 0 saturated heterocycles. The number of nitrogens with one attached hydrogen (secondary N) is 1. The average Bonchev–Trinajstić information content (AvgIpc) is 2.94. The van der Waals surface area contributed by atoms with Gasteiger partial charge in [0.2, 0.25) is 0 Å². The van der Waals surface area contributed by atoms with Gasteiger partial charge >= 0.3 is 0 Å². The molecule has 20 heavy (non-hydrogen) atoms. The highest BCUT2D eigenvalue weighted by Gasteiger charge is 2.03. The Kier molecular flexibility index (Phi) is 5.58. The smallest absolute Gasteiger partial charge is 0.123 e. The molecule has 0 unspecified atom stereocenters. The Labute approximate surface area is 119 Å². The summed E-state index contributed by atoms with van der Waals surface area (Å²) in [5.74, 6) is 0.818. The van der Waals surface area contributed by atoms with E-state index in [1.165, 1.54) is 5.56 Å². The number of aliphatic hydroxyl groups is 1. The minimum absolute atomic E-state index is 0.0258. The molecule has 0 atom stereocenters. The van der Waals surface area contributed by atoms with Crippen LogP contribution in [0, 0.1) is 0 Å². The van der Waals surface area contributed by atoms with Crippen LogP contribution >= 0.6 is 0 Å². The van der Waals surface area contributed by atoms with Gasteiger partial charge in [-0.1, -0.05) is 18.2 Å². The number of aromatic nitrogens is 2. The first-order valence-corrected chi connectivity index (χ1v) is 6.87. The molecule has 0 aliphatic rings. The molecule has 0 aliphatic carbocycles. The number of para-hydroxylation sites is 1. The lowest BCUT2D eigenvalue weighted by atomic mass is 10.2. The zero-order valence-corrected chi connectivity index (χ0v) is 11.7. The number of hydrogen-bond acceptors (Lipinski definition) is 4. The van der Waals surface area contributed by atoms with E-state index in [0.29, 0.717) is 6.61 Å². The fraction of sp³-hybridized carbons (Fsp3) is 0.400. The van der Waals surface area contributed by atoms with E-state index in [-0.39, 0.29) is 6.61 Å². The normalized spacial score (nSPS) is 10.7. The minimum atomic E-state index is 0.0258. The van der Waals surface area contributed by atoms with Crippen LogP contribution in [0.5, 0.6) is 5.75 Å². The molecule has 1 heterocycles. The maximum Gasteiger partial charge on any atom is 0.123 e. The van der Waals surface area contributed by atoms with E-state index in [1.54, 1.807) is 0 Å². The van der Waals surface area contributed by atoms with Gasteiger partial charge in [-0.2, -0.15) is 5.10 Å². The van der Waals surface area contributed by atoms with Crippen molar-refractivity contribution in [3.05, 3.63) is 47.8 Å². The minimum Gasteiger partial charge on any atom is -0.491 e. The number of hydrogen-bond donors (Lipinski definition) is 2. The molecule has 0 amide bonds. The molecular formula is C15H21N3O2. The molecule has 2 N–H and O–H groups in total. The van der Waals surface area contributed by atoms with Crippen molar-refractivity contribution in [2.75, 3.05) is 13.2 Å². The van der Waals surface area contributed by atoms with Crippen LogP contribution in [0.25, 0.3) is 0 Å². The predicted molar refractivity (Wildman–Crippen MR) is 77.5 cm³/mol. The molecule has 108 valence electrons. The highest BCUT2D eigenvalue weighted by atomic mass is 16.5. The fourth-order valence-corrected chi connectivity index (χ4v) is 1.96. The van der Waals surface area contributed by atoms with E-state index in [9.17, 15) is 0 Å². The molecule has 0 bridgehead atoms. The summed E-state index contributed by atoms with van der Waals surface area (Å²) in [5, 5.41) is 16.4. The Morgan fingerprint density at radius 3 is 2.90 bits per heavy atom. The summed E-state index contributed by atoms with van der Waals surface area (Å²) in [6.45, 7) is 4.79. The molecule has 1 aromatic heterocycles. The quantitative estimate of drug-likeness (QED) is 0.767. The van der Waals surface area contributed by atoms with Crippen LogP contribution in [-0.2, 0) is 19.6 Å². The lowest BCUT2D eigenvalue weighted by molar-refractivity contribution is 0.200. The largest absolute Gasteiger partial charge is 0.491 e. The van der Waals surface area contributed by atoms with Crippen LogP contribution in [0.4, 0.5) is 0 Å². The topological polar surface area (TPSA) is 59.3 Å². The molecule has 0 aliphatic heterocycles. The van der Waals surface area contributed by atoms with Crippen molar-refractivity contribution in [3.63, 3.8) is 0 Å². The standard InChI is InChI=1S/C15H21N3O2/c1-2-18-12-13(10-17-18)9-16-11-14-5-3-4-6-15(14)20-8-7-19/h3-6,10,12,16,19H,2,7-9,11H2,1H3. The highest BCUT2D eigenvalue weighted by Crippen LogP contribution is 2.17. The van der Waals surface area contributed by atoms with Crippen LogP contribution in [0.2, 0.25) is 0 Å². The summed E-state index contributed by atoms with van der Waals surface area (Å²) < 4.78 is 7.42. The van der Waals surface area contributed by atoms with Gasteiger partial charge in [0.1, 0.15) is 12.4 Å². The van der Waals surface area contributed by atoms with Gasteiger partial charge in [-0.05, 0) is 13.0 Å². The summed E-state index contributed by atoms with van der Waals surface area (Å²) in [5.41, 5.74) is 2.25. The van der Waals surface area contributed by atoms with Crippen LogP contribution in [-0.4, -0.2) is 28.1 Å². The Morgan fingerprint density at radius 2 is 2.15 bits per heavy atom. The molecule has 2 rings (SSSR count). The first-order chi connectivity index (χ1) is 9.83. The second-order valence-electron chi connectivity index (χ2n) is 4.49. The van der Waals surface area contributed by atoms with Crippen molar-refractivity contribution in [1.82, 2.24) is 15.1 Å². The summed E-state index contributed by atoms with van der Waals surface area (Å²) in [7, 11) is 0. The third-order valence-corrected chi connectivity index (χ3v) is 2.98. The van der Waals surface area contributed by atoms with Gasteiger partial charge in [0.25, 0.3) is 0 Å². The maximum atomic E-state index is 8.82. The number of ether oxygens (including phenoxy) is 1. The number of rotatable bonds is 8. The zero-order chi connectivity index (χ0) is 14.2. The first-order valence-electron chi connectivity index (χ1n) is 6.87. The second-order valence-corrected chi connectivity index (χ2v) is 4.49. The van der Waals surface area contributed by atoms with Gasteiger partial charge in [0.05, 0.1) is 12.8 Å². The summed E-state index contributed by atoms with van der Waals surface area (Å²) in [6, 6.07) is 7.86. The van der Waals surface area contributed by atoms with Crippen molar-refractivity contribution in [3.8, 4) is 5.75 Å². The van der Waals surface area contributed by atoms with E-state index >= 15 is 0 Å². The van der Waals surface area contributed by atoms with Crippen molar-refractivity contribution in [2.45, 2.75) is 26.6 Å².